The fraction of sp³-hybridized carbons (Fsp3) is 0.810. The lowest BCUT2D eigenvalue weighted by Crippen LogP contribution is -2.62. The Labute approximate surface area is 166 Å². The second-order valence-electron chi connectivity index (χ2n) is 9.17. The van der Waals surface area contributed by atoms with Crippen molar-refractivity contribution in [2.45, 2.75) is 63.3 Å². The third-order valence-corrected chi connectivity index (χ3v) is 7.17. The van der Waals surface area contributed by atoms with Gasteiger partial charge >= 0.3 is 5.97 Å². The molecule has 5 rings (SSSR count). The standard InChI is InChI=1S/C21H29N3O4/c22-4-2-6-24(21-10-15-7-16(11-21)9-17(8-15)12-21)19(26)14-28-20(27)13-23-5-1-3-18(23)25/h15-17H,1-3,5-14H2. The highest BCUT2D eigenvalue weighted by Crippen LogP contribution is 2.57. The van der Waals surface area contributed by atoms with E-state index in [-0.39, 0.29) is 30.5 Å². The molecular weight excluding hydrogens is 358 g/mol. The number of ether oxygens (including phenoxy) is 1. The van der Waals surface area contributed by atoms with Gasteiger partial charge in [0.15, 0.2) is 6.61 Å². The van der Waals surface area contributed by atoms with E-state index < -0.39 is 5.97 Å². The number of esters is 1. The van der Waals surface area contributed by atoms with Gasteiger partial charge in [-0.05, 0) is 62.7 Å². The Morgan fingerprint density at radius 2 is 1.82 bits per heavy atom. The zero-order chi connectivity index (χ0) is 19.7. The molecule has 1 aliphatic heterocycles. The van der Waals surface area contributed by atoms with Gasteiger partial charge in [-0.3, -0.25) is 14.4 Å². The monoisotopic (exact) mass is 387 g/mol. The molecule has 0 aromatic carbocycles. The van der Waals surface area contributed by atoms with Crippen LogP contribution in [0.4, 0.5) is 0 Å². The second-order valence-corrected chi connectivity index (χ2v) is 9.17. The van der Waals surface area contributed by atoms with E-state index in [1.807, 2.05) is 4.90 Å². The van der Waals surface area contributed by atoms with Crippen molar-refractivity contribution in [3.05, 3.63) is 0 Å². The number of hydrogen-bond acceptors (Lipinski definition) is 5. The van der Waals surface area contributed by atoms with Crippen LogP contribution in [0.15, 0.2) is 0 Å². The van der Waals surface area contributed by atoms with E-state index >= 15 is 0 Å². The summed E-state index contributed by atoms with van der Waals surface area (Å²) in [6, 6.07) is 2.16. The van der Waals surface area contributed by atoms with Crippen LogP contribution in [0.25, 0.3) is 0 Å². The van der Waals surface area contributed by atoms with Crippen molar-refractivity contribution in [1.29, 1.82) is 5.26 Å². The van der Waals surface area contributed by atoms with E-state index in [9.17, 15) is 14.4 Å². The summed E-state index contributed by atoms with van der Waals surface area (Å²) in [4.78, 5) is 40.1. The van der Waals surface area contributed by atoms with Crippen LogP contribution in [0.5, 0.6) is 0 Å². The molecule has 28 heavy (non-hydrogen) atoms. The van der Waals surface area contributed by atoms with Crippen molar-refractivity contribution >= 4 is 17.8 Å². The maximum atomic E-state index is 13.0. The van der Waals surface area contributed by atoms with Crippen LogP contribution in [0.1, 0.15) is 57.8 Å². The first-order valence-electron chi connectivity index (χ1n) is 10.6. The number of likely N-dealkylation sites (tertiary alicyclic amines) is 1. The number of hydrogen-bond donors (Lipinski definition) is 0. The lowest BCUT2D eigenvalue weighted by molar-refractivity contribution is -0.163. The van der Waals surface area contributed by atoms with Gasteiger partial charge in [0.2, 0.25) is 5.91 Å². The lowest BCUT2D eigenvalue weighted by atomic mass is 9.52. The maximum absolute atomic E-state index is 13.0. The topological polar surface area (TPSA) is 90.7 Å². The Hall–Kier alpha value is -2.10. The summed E-state index contributed by atoms with van der Waals surface area (Å²) >= 11 is 0. The highest BCUT2D eigenvalue weighted by atomic mass is 16.5. The molecule has 152 valence electrons. The summed E-state index contributed by atoms with van der Waals surface area (Å²) < 4.78 is 5.23. The van der Waals surface area contributed by atoms with Gasteiger partial charge in [-0.15, -0.1) is 0 Å². The third kappa shape index (κ3) is 3.74. The molecule has 2 amide bonds. The summed E-state index contributed by atoms with van der Waals surface area (Å²) in [5.41, 5.74) is -0.153. The van der Waals surface area contributed by atoms with Gasteiger partial charge < -0.3 is 14.5 Å². The predicted octanol–water partition coefficient (Wildman–Crippen LogP) is 1.86. The Morgan fingerprint density at radius 1 is 1.18 bits per heavy atom. The van der Waals surface area contributed by atoms with Crippen molar-refractivity contribution in [1.82, 2.24) is 9.80 Å². The molecule has 0 unspecified atom stereocenters. The van der Waals surface area contributed by atoms with Crippen LogP contribution in [0.3, 0.4) is 0 Å². The average molecular weight is 387 g/mol. The van der Waals surface area contributed by atoms with Crippen LogP contribution < -0.4 is 0 Å². The molecule has 5 aliphatic rings. The molecule has 1 heterocycles. The van der Waals surface area contributed by atoms with Crippen molar-refractivity contribution in [2.24, 2.45) is 17.8 Å². The molecule has 0 aromatic rings. The van der Waals surface area contributed by atoms with Gasteiger partial charge in [0.1, 0.15) is 6.54 Å². The number of carbonyl (C=O) groups is 3. The molecule has 0 spiro atoms. The van der Waals surface area contributed by atoms with Gasteiger partial charge in [-0.25, -0.2) is 0 Å². The second kappa shape index (κ2) is 7.73. The van der Waals surface area contributed by atoms with Gasteiger partial charge in [-0.2, -0.15) is 5.26 Å². The van der Waals surface area contributed by atoms with E-state index in [1.54, 1.807) is 0 Å². The Bertz CT molecular complexity index is 663. The van der Waals surface area contributed by atoms with E-state index in [4.69, 9.17) is 10.00 Å². The smallest absolute Gasteiger partial charge is 0.326 e. The zero-order valence-electron chi connectivity index (χ0n) is 16.4. The van der Waals surface area contributed by atoms with Gasteiger partial charge in [0, 0.05) is 25.0 Å². The summed E-state index contributed by atoms with van der Waals surface area (Å²) in [5.74, 6) is 1.30. The largest absolute Gasteiger partial charge is 0.454 e. The minimum atomic E-state index is -0.533. The molecule has 4 saturated carbocycles. The molecule has 7 heteroatoms. The van der Waals surface area contributed by atoms with Gasteiger partial charge in [0.05, 0.1) is 12.5 Å². The van der Waals surface area contributed by atoms with Crippen LogP contribution in [0, 0.1) is 29.1 Å². The normalized spacial score (nSPS) is 33.0. The summed E-state index contributed by atoms with van der Waals surface area (Å²) in [6.45, 7) is 0.600. The van der Waals surface area contributed by atoms with Crippen molar-refractivity contribution < 1.29 is 19.1 Å². The zero-order valence-corrected chi connectivity index (χ0v) is 16.4. The Balaban J connectivity index is 1.38. The molecule has 0 N–H and O–H groups in total. The number of rotatable bonds is 7. The molecule has 0 aromatic heterocycles. The van der Waals surface area contributed by atoms with Gasteiger partial charge in [-0.1, -0.05) is 0 Å². The predicted molar refractivity (Wildman–Crippen MR) is 99.6 cm³/mol. The Morgan fingerprint density at radius 3 is 2.36 bits per heavy atom. The van der Waals surface area contributed by atoms with E-state index in [1.165, 1.54) is 24.2 Å². The quantitative estimate of drug-likeness (QED) is 0.622. The molecule has 7 nitrogen and oxygen atoms in total. The highest BCUT2D eigenvalue weighted by Gasteiger charge is 2.54. The van der Waals surface area contributed by atoms with Gasteiger partial charge in [0.25, 0.3) is 5.91 Å². The number of carbonyl (C=O) groups excluding carboxylic acids is 3. The van der Waals surface area contributed by atoms with E-state index in [0.29, 0.717) is 43.7 Å². The third-order valence-electron chi connectivity index (χ3n) is 7.17. The van der Waals surface area contributed by atoms with Crippen LogP contribution in [-0.2, 0) is 19.1 Å². The summed E-state index contributed by atoms with van der Waals surface area (Å²) in [6.07, 6.45) is 8.42. The molecule has 4 aliphatic carbocycles. The first-order valence-corrected chi connectivity index (χ1v) is 10.6. The van der Waals surface area contributed by atoms with Crippen molar-refractivity contribution in [2.75, 3.05) is 26.2 Å². The molecule has 0 radical (unpaired) electrons. The summed E-state index contributed by atoms with van der Waals surface area (Å²) in [5, 5.41) is 9.07. The Kier molecular flexibility index (Phi) is 5.31. The fourth-order valence-corrected chi connectivity index (χ4v) is 6.48. The molecule has 0 atom stereocenters. The SMILES string of the molecule is N#CCCN(C(=O)COC(=O)CN1CCCC1=O)C12CC3CC(CC(C3)C1)C2. The number of nitriles is 1. The number of nitrogens with zero attached hydrogens (tertiary/aromatic N) is 3. The first kappa shape index (κ1) is 19.2. The molecule has 5 fully saturated rings. The van der Waals surface area contributed by atoms with Crippen LogP contribution in [0.2, 0.25) is 0 Å². The highest BCUT2D eigenvalue weighted by molar-refractivity contribution is 5.85. The van der Waals surface area contributed by atoms with Crippen LogP contribution in [-0.4, -0.2) is 59.4 Å². The first-order chi connectivity index (χ1) is 13.5. The molecular formula is C21H29N3O4. The van der Waals surface area contributed by atoms with E-state index in [0.717, 1.165) is 25.7 Å². The minimum absolute atomic E-state index is 0.0347. The lowest BCUT2D eigenvalue weighted by Gasteiger charge is -2.60. The van der Waals surface area contributed by atoms with Crippen molar-refractivity contribution in [3.63, 3.8) is 0 Å². The number of amides is 2. The van der Waals surface area contributed by atoms with Crippen molar-refractivity contribution in [3.8, 4) is 6.07 Å². The van der Waals surface area contributed by atoms with E-state index in [2.05, 4.69) is 6.07 Å². The van der Waals surface area contributed by atoms with Crippen LogP contribution >= 0.6 is 0 Å². The average Bonchev–Trinajstić information content (AvgIpc) is 3.03. The minimum Gasteiger partial charge on any atom is -0.454 e. The molecule has 4 bridgehead atoms. The maximum Gasteiger partial charge on any atom is 0.326 e. The molecule has 1 saturated heterocycles. The fourth-order valence-electron chi connectivity index (χ4n) is 6.48. The summed E-state index contributed by atoms with van der Waals surface area (Å²) in [7, 11) is 0.